The van der Waals surface area contributed by atoms with Crippen LogP contribution in [-0.2, 0) is 4.79 Å². The molecule has 0 heterocycles. The molecule has 0 aromatic heterocycles. The van der Waals surface area contributed by atoms with Gasteiger partial charge in [0.15, 0.2) is 5.78 Å². The van der Waals surface area contributed by atoms with E-state index in [2.05, 4.69) is 10.6 Å². The van der Waals surface area contributed by atoms with Crippen molar-refractivity contribution in [3.05, 3.63) is 29.8 Å². The van der Waals surface area contributed by atoms with Crippen LogP contribution < -0.4 is 10.6 Å². The van der Waals surface area contributed by atoms with Crippen LogP contribution in [0.2, 0.25) is 0 Å². The molecule has 0 aliphatic heterocycles. The maximum absolute atomic E-state index is 11.8. The molecule has 0 saturated carbocycles. The number of hydrogen-bond acceptors (Lipinski definition) is 3. The smallest absolute Gasteiger partial charge is 0.322 e. The first-order valence-corrected chi connectivity index (χ1v) is 5.77. The highest BCUT2D eigenvalue weighted by Gasteiger charge is 2.11. The molecule has 0 atom stereocenters. The van der Waals surface area contributed by atoms with Crippen LogP contribution in [0.25, 0.3) is 0 Å². The first kappa shape index (κ1) is 14.7. The summed E-state index contributed by atoms with van der Waals surface area (Å²) in [7, 11) is 3.03. The van der Waals surface area contributed by atoms with Gasteiger partial charge in [0, 0.05) is 25.3 Å². The second kappa shape index (κ2) is 6.53. The zero-order valence-corrected chi connectivity index (χ0v) is 11.2. The lowest BCUT2D eigenvalue weighted by molar-refractivity contribution is -0.120. The van der Waals surface area contributed by atoms with Gasteiger partial charge in [-0.25, -0.2) is 4.79 Å². The summed E-state index contributed by atoms with van der Waals surface area (Å²) in [6.45, 7) is 1.46. The summed E-state index contributed by atoms with van der Waals surface area (Å²) in [6.07, 6.45) is 0. The van der Waals surface area contributed by atoms with Crippen molar-refractivity contribution in [2.24, 2.45) is 0 Å². The molecule has 3 amide bonds. The number of rotatable bonds is 4. The van der Waals surface area contributed by atoms with Crippen molar-refractivity contribution in [2.45, 2.75) is 6.92 Å². The van der Waals surface area contributed by atoms with Crippen LogP contribution >= 0.6 is 0 Å². The van der Waals surface area contributed by atoms with E-state index < -0.39 is 0 Å². The van der Waals surface area contributed by atoms with E-state index in [1.165, 1.54) is 25.9 Å². The van der Waals surface area contributed by atoms with Crippen LogP contribution in [0, 0.1) is 0 Å². The molecule has 1 rings (SSSR count). The molecule has 0 saturated heterocycles. The minimum atomic E-state index is -0.390. The van der Waals surface area contributed by atoms with Crippen molar-refractivity contribution in [1.82, 2.24) is 10.2 Å². The number of likely N-dealkylation sites (N-methyl/N-ethyl adjacent to an activating group) is 2. The van der Waals surface area contributed by atoms with E-state index in [1.807, 2.05) is 0 Å². The van der Waals surface area contributed by atoms with Gasteiger partial charge in [-0.2, -0.15) is 0 Å². The van der Waals surface area contributed by atoms with Crippen molar-refractivity contribution in [1.29, 1.82) is 0 Å². The monoisotopic (exact) mass is 263 g/mol. The Labute approximate surface area is 111 Å². The van der Waals surface area contributed by atoms with Crippen LogP contribution in [0.4, 0.5) is 10.5 Å². The Hall–Kier alpha value is -2.37. The van der Waals surface area contributed by atoms with Gasteiger partial charge in [-0.1, -0.05) is 0 Å². The van der Waals surface area contributed by atoms with Gasteiger partial charge in [0.2, 0.25) is 5.91 Å². The van der Waals surface area contributed by atoms with Gasteiger partial charge >= 0.3 is 6.03 Å². The average molecular weight is 263 g/mol. The third kappa shape index (κ3) is 4.42. The lowest BCUT2D eigenvalue weighted by Crippen LogP contribution is -2.39. The summed E-state index contributed by atoms with van der Waals surface area (Å²) >= 11 is 0. The number of carbonyl (C=O) groups excluding carboxylic acids is 3. The largest absolute Gasteiger partial charge is 0.358 e. The quantitative estimate of drug-likeness (QED) is 0.798. The zero-order valence-electron chi connectivity index (χ0n) is 11.2. The number of Topliss-reactive ketones (excluding diaryl/α,β-unsaturated/α-hetero) is 1. The number of anilines is 1. The summed E-state index contributed by atoms with van der Waals surface area (Å²) in [5.41, 5.74) is 1.15. The second-order valence-electron chi connectivity index (χ2n) is 4.09. The fourth-order valence-electron chi connectivity index (χ4n) is 1.37. The Bertz CT molecular complexity index is 482. The molecule has 0 aliphatic rings. The van der Waals surface area contributed by atoms with Crippen LogP contribution in [0.15, 0.2) is 24.3 Å². The Kier molecular flexibility index (Phi) is 5.05. The van der Waals surface area contributed by atoms with Crippen molar-refractivity contribution in [2.75, 3.05) is 26.0 Å². The predicted octanol–water partition coefficient (Wildman–Crippen LogP) is 1.10. The van der Waals surface area contributed by atoms with Gasteiger partial charge in [0.25, 0.3) is 0 Å². The lowest BCUT2D eigenvalue weighted by atomic mass is 10.1. The molecule has 102 valence electrons. The number of ketones is 1. The number of benzene rings is 1. The maximum Gasteiger partial charge on any atom is 0.322 e. The summed E-state index contributed by atoms with van der Waals surface area (Å²) in [5.74, 6) is -0.279. The van der Waals surface area contributed by atoms with Gasteiger partial charge < -0.3 is 15.5 Å². The normalized spacial score (nSPS) is 9.63. The van der Waals surface area contributed by atoms with Gasteiger partial charge in [0.1, 0.15) is 6.54 Å². The average Bonchev–Trinajstić information content (AvgIpc) is 2.38. The highest BCUT2D eigenvalue weighted by atomic mass is 16.2. The summed E-state index contributed by atoms with van der Waals surface area (Å²) in [6, 6.07) is 6.16. The predicted molar refractivity (Wildman–Crippen MR) is 72.2 cm³/mol. The van der Waals surface area contributed by atoms with Crippen molar-refractivity contribution < 1.29 is 14.4 Å². The molecular formula is C13H17N3O3. The minimum Gasteiger partial charge on any atom is -0.358 e. The number of nitrogens with zero attached hydrogens (tertiary/aromatic N) is 1. The van der Waals surface area contributed by atoms with Crippen molar-refractivity contribution in [3.63, 3.8) is 0 Å². The Morgan fingerprint density at radius 2 is 1.74 bits per heavy atom. The molecule has 1 aromatic carbocycles. The van der Waals surface area contributed by atoms with Gasteiger partial charge in [-0.3, -0.25) is 9.59 Å². The minimum absolute atomic E-state index is 0.0200. The number of carbonyl (C=O) groups is 3. The van der Waals surface area contributed by atoms with Gasteiger partial charge in [-0.05, 0) is 31.2 Å². The maximum atomic E-state index is 11.8. The number of urea groups is 1. The van der Waals surface area contributed by atoms with Crippen LogP contribution in [0.1, 0.15) is 17.3 Å². The first-order chi connectivity index (χ1) is 8.93. The highest BCUT2D eigenvalue weighted by Crippen LogP contribution is 2.10. The van der Waals surface area contributed by atoms with Crippen LogP contribution in [0.5, 0.6) is 0 Å². The number of hydrogen-bond donors (Lipinski definition) is 2. The molecule has 6 heteroatoms. The molecule has 2 N–H and O–H groups in total. The highest BCUT2D eigenvalue weighted by molar-refractivity contribution is 5.95. The molecule has 0 spiro atoms. The molecule has 1 aromatic rings. The van der Waals surface area contributed by atoms with E-state index in [1.54, 1.807) is 24.3 Å². The standard InChI is InChI=1S/C13H17N3O3/c1-9(17)10-4-6-11(7-5-10)15-13(19)16(3)8-12(18)14-2/h4-7H,8H2,1-3H3,(H,14,18)(H,15,19). The van der Waals surface area contributed by atoms with E-state index in [0.717, 1.165) is 0 Å². The zero-order chi connectivity index (χ0) is 14.4. The molecule has 0 aliphatic carbocycles. The van der Waals surface area contributed by atoms with Crippen molar-refractivity contribution >= 4 is 23.4 Å². The van der Waals surface area contributed by atoms with E-state index in [9.17, 15) is 14.4 Å². The second-order valence-corrected chi connectivity index (χ2v) is 4.09. The fraction of sp³-hybridized carbons (Fsp3) is 0.308. The number of nitrogens with one attached hydrogen (secondary N) is 2. The SMILES string of the molecule is CNC(=O)CN(C)C(=O)Nc1ccc(C(C)=O)cc1. The first-order valence-electron chi connectivity index (χ1n) is 5.77. The number of amides is 3. The Balaban J connectivity index is 2.61. The fourth-order valence-corrected chi connectivity index (χ4v) is 1.37. The molecule has 0 bridgehead atoms. The summed E-state index contributed by atoms with van der Waals surface area (Å²) in [5, 5.41) is 5.07. The third-order valence-corrected chi connectivity index (χ3v) is 2.55. The lowest BCUT2D eigenvalue weighted by Gasteiger charge is -2.17. The van der Waals surface area contributed by atoms with Crippen LogP contribution in [-0.4, -0.2) is 43.3 Å². The molecule has 0 fully saturated rings. The van der Waals surface area contributed by atoms with E-state index >= 15 is 0 Å². The van der Waals surface area contributed by atoms with E-state index in [0.29, 0.717) is 11.3 Å². The molecule has 0 radical (unpaired) electrons. The third-order valence-electron chi connectivity index (χ3n) is 2.55. The summed E-state index contributed by atoms with van der Waals surface area (Å²) in [4.78, 5) is 35.2. The van der Waals surface area contributed by atoms with Crippen LogP contribution in [0.3, 0.4) is 0 Å². The molecular weight excluding hydrogens is 246 g/mol. The Morgan fingerprint density at radius 3 is 2.21 bits per heavy atom. The van der Waals surface area contributed by atoms with Crippen molar-refractivity contribution in [3.8, 4) is 0 Å². The van der Waals surface area contributed by atoms with E-state index in [-0.39, 0.29) is 24.3 Å². The van der Waals surface area contributed by atoms with E-state index in [4.69, 9.17) is 0 Å². The molecule has 0 unspecified atom stereocenters. The summed E-state index contributed by atoms with van der Waals surface area (Å²) < 4.78 is 0. The van der Waals surface area contributed by atoms with Gasteiger partial charge in [-0.15, -0.1) is 0 Å². The molecule has 6 nitrogen and oxygen atoms in total. The molecule has 19 heavy (non-hydrogen) atoms. The van der Waals surface area contributed by atoms with Gasteiger partial charge in [0.05, 0.1) is 0 Å². The topological polar surface area (TPSA) is 78.5 Å². The Morgan fingerprint density at radius 1 is 1.16 bits per heavy atom.